The van der Waals surface area contributed by atoms with Crippen LogP contribution in [0.2, 0.25) is 9.49 Å². The molecule has 0 aliphatic heterocycles. The normalized spacial score (nSPS) is 14.1. The van der Waals surface area contributed by atoms with Gasteiger partial charge in [-0.05, 0) is 49.7 Å². The summed E-state index contributed by atoms with van der Waals surface area (Å²) < 4.78 is 56.1. The van der Waals surface area contributed by atoms with Gasteiger partial charge in [-0.15, -0.1) is 11.3 Å². The van der Waals surface area contributed by atoms with Crippen LogP contribution < -0.4 is 11.1 Å². The monoisotopic (exact) mass is 536 g/mol. The summed E-state index contributed by atoms with van der Waals surface area (Å²) in [6.07, 6.45) is -5.25. The Morgan fingerprint density at radius 2 is 1.85 bits per heavy atom. The number of nitrogens with two attached hydrogens (primary N) is 1. The van der Waals surface area contributed by atoms with Crippen molar-refractivity contribution in [1.82, 2.24) is 15.3 Å². The number of hydrogen-bond donors (Lipinski definition) is 3. The number of thiazole rings is 1. The molecule has 4 N–H and O–H groups in total. The van der Waals surface area contributed by atoms with Crippen molar-refractivity contribution in [3.63, 3.8) is 0 Å². The molecule has 6 nitrogen and oxygen atoms in total. The van der Waals surface area contributed by atoms with Crippen LogP contribution in [0.5, 0.6) is 0 Å². The van der Waals surface area contributed by atoms with Gasteiger partial charge in [0.15, 0.2) is 4.47 Å². The third-order valence-corrected chi connectivity index (χ3v) is 6.16. The molecule has 1 aromatic carbocycles. The van der Waals surface area contributed by atoms with E-state index in [0.717, 1.165) is 23.5 Å². The number of hydrogen-bond acceptors (Lipinski definition) is 6. The number of aliphatic hydroxyl groups is 1. The number of nitrogens with one attached hydrogen (secondary N) is 1. The molecule has 0 fully saturated rings. The smallest absolute Gasteiger partial charge is 0.374 e. The number of amides is 1. The van der Waals surface area contributed by atoms with Gasteiger partial charge >= 0.3 is 6.18 Å². The van der Waals surface area contributed by atoms with Crippen molar-refractivity contribution in [2.24, 2.45) is 5.73 Å². The molecule has 0 saturated carbocycles. The Bertz CT molecular complexity index is 1230. The lowest BCUT2D eigenvalue weighted by Gasteiger charge is -2.32. The molecule has 3 aromatic rings. The largest absolute Gasteiger partial charge is 0.424 e. The van der Waals surface area contributed by atoms with Crippen molar-refractivity contribution < 1.29 is 27.5 Å². The van der Waals surface area contributed by atoms with Gasteiger partial charge in [0.05, 0.1) is 23.0 Å². The number of halogens is 6. The molecule has 0 aliphatic carbocycles. The van der Waals surface area contributed by atoms with E-state index < -0.39 is 41.3 Å². The molecule has 2 heterocycles. The molecule has 3 rings (SSSR count). The Morgan fingerprint density at radius 1 is 1.18 bits per heavy atom. The van der Waals surface area contributed by atoms with E-state index in [4.69, 9.17) is 28.9 Å². The summed E-state index contributed by atoms with van der Waals surface area (Å²) in [4.78, 5) is 19.9. The zero-order valence-corrected chi connectivity index (χ0v) is 20.0. The number of rotatable bonds is 6. The first-order valence-electron chi connectivity index (χ1n) is 9.57. The zero-order valence-electron chi connectivity index (χ0n) is 17.7. The minimum atomic E-state index is -5.25. The molecule has 34 heavy (non-hydrogen) atoms. The second kappa shape index (κ2) is 9.38. The molecule has 1 amide bonds. The van der Waals surface area contributed by atoms with Gasteiger partial charge in [-0.25, -0.2) is 14.4 Å². The standard InChI is InChI=1S/C21H18Cl2F4N4O2S/c1-19(2,28)11-6-14(10-3-4-13(24)12(22)5-10)30-16(7-11)20(33,21(25,26)27)9-29-17(32)15-8-34-18(23)31-15/h3-8,33H,9,28H2,1-2H3,(H,29,32). The molecule has 13 heteroatoms. The Labute approximate surface area is 205 Å². The minimum absolute atomic E-state index is 0.0263. The highest BCUT2D eigenvalue weighted by Gasteiger charge is 2.56. The summed E-state index contributed by atoms with van der Waals surface area (Å²) in [6.45, 7) is 1.83. The molecule has 1 unspecified atom stereocenters. The molecule has 0 bridgehead atoms. The van der Waals surface area contributed by atoms with Crippen LogP contribution in [-0.2, 0) is 11.1 Å². The number of pyridine rings is 1. The number of alkyl halides is 3. The fourth-order valence-corrected chi connectivity index (χ4v) is 3.83. The van der Waals surface area contributed by atoms with E-state index in [-0.39, 0.29) is 32.0 Å². The third-order valence-electron chi connectivity index (χ3n) is 4.89. The van der Waals surface area contributed by atoms with E-state index in [9.17, 15) is 27.5 Å². The molecular formula is C21H18Cl2F4N4O2S. The van der Waals surface area contributed by atoms with Gasteiger partial charge in [0.25, 0.3) is 5.91 Å². The first-order chi connectivity index (χ1) is 15.6. The first-order valence-corrected chi connectivity index (χ1v) is 11.2. The van der Waals surface area contributed by atoms with Gasteiger partial charge in [0.1, 0.15) is 11.5 Å². The van der Waals surface area contributed by atoms with E-state index in [1.807, 2.05) is 5.32 Å². The van der Waals surface area contributed by atoms with Gasteiger partial charge in [0, 0.05) is 16.5 Å². The number of carbonyl (C=O) groups excluding carboxylic acids is 1. The van der Waals surface area contributed by atoms with E-state index >= 15 is 0 Å². The average Bonchev–Trinajstić information content (AvgIpc) is 3.18. The quantitative estimate of drug-likeness (QED) is 0.384. The van der Waals surface area contributed by atoms with Crippen molar-refractivity contribution in [2.75, 3.05) is 6.54 Å². The fraction of sp³-hybridized carbons (Fsp3) is 0.286. The Hall–Kier alpha value is -2.31. The second-order valence-electron chi connectivity index (χ2n) is 8.00. The van der Waals surface area contributed by atoms with Crippen LogP contribution in [-0.4, -0.2) is 33.7 Å². The van der Waals surface area contributed by atoms with Gasteiger partial charge < -0.3 is 16.2 Å². The van der Waals surface area contributed by atoms with E-state index in [1.54, 1.807) is 13.8 Å². The lowest BCUT2D eigenvalue weighted by molar-refractivity contribution is -0.265. The molecule has 1 atom stereocenters. The van der Waals surface area contributed by atoms with E-state index in [1.165, 1.54) is 23.6 Å². The lowest BCUT2D eigenvalue weighted by Crippen LogP contribution is -2.51. The van der Waals surface area contributed by atoms with Crippen molar-refractivity contribution in [2.45, 2.75) is 31.2 Å². The molecule has 0 spiro atoms. The minimum Gasteiger partial charge on any atom is -0.374 e. The summed E-state index contributed by atoms with van der Waals surface area (Å²) in [7, 11) is 0. The number of carbonyl (C=O) groups is 1. The Balaban J connectivity index is 2.10. The zero-order chi connectivity index (χ0) is 25.5. The fourth-order valence-electron chi connectivity index (χ4n) is 2.91. The number of nitrogens with zero attached hydrogens (tertiary/aromatic N) is 2. The predicted molar refractivity (Wildman–Crippen MR) is 121 cm³/mol. The highest BCUT2D eigenvalue weighted by atomic mass is 35.5. The van der Waals surface area contributed by atoms with Gasteiger partial charge in [-0.2, -0.15) is 13.2 Å². The van der Waals surface area contributed by atoms with Crippen LogP contribution >= 0.6 is 34.5 Å². The van der Waals surface area contributed by atoms with Crippen LogP contribution in [0.25, 0.3) is 11.3 Å². The maximum atomic E-state index is 14.1. The first kappa shape index (κ1) is 26.3. The summed E-state index contributed by atoms with van der Waals surface area (Å²) in [5, 5.41) is 13.8. The van der Waals surface area contributed by atoms with Gasteiger partial charge in [-0.1, -0.05) is 23.2 Å². The molecule has 0 saturated heterocycles. The second-order valence-corrected chi connectivity index (χ2v) is 9.85. The Morgan fingerprint density at radius 3 is 2.38 bits per heavy atom. The van der Waals surface area contributed by atoms with Crippen LogP contribution in [0, 0.1) is 5.82 Å². The van der Waals surface area contributed by atoms with Crippen LogP contribution in [0.3, 0.4) is 0 Å². The summed E-state index contributed by atoms with van der Waals surface area (Å²) in [5.41, 5.74) is 0.730. The van der Waals surface area contributed by atoms with Crippen LogP contribution in [0.4, 0.5) is 17.6 Å². The number of benzene rings is 1. The molecule has 2 aromatic heterocycles. The van der Waals surface area contributed by atoms with Gasteiger partial charge in [-0.3, -0.25) is 4.79 Å². The van der Waals surface area contributed by atoms with Crippen LogP contribution in [0.15, 0.2) is 35.7 Å². The van der Waals surface area contributed by atoms with Gasteiger partial charge in [0.2, 0.25) is 5.60 Å². The van der Waals surface area contributed by atoms with Crippen molar-refractivity contribution in [3.8, 4) is 11.3 Å². The maximum absolute atomic E-state index is 14.1. The highest BCUT2D eigenvalue weighted by Crippen LogP contribution is 2.40. The predicted octanol–water partition coefficient (Wildman–Crippen LogP) is 5.02. The molecule has 0 radical (unpaired) electrons. The molecular weight excluding hydrogens is 519 g/mol. The van der Waals surface area contributed by atoms with E-state index in [0.29, 0.717) is 0 Å². The van der Waals surface area contributed by atoms with E-state index in [2.05, 4.69) is 9.97 Å². The highest BCUT2D eigenvalue weighted by molar-refractivity contribution is 7.14. The number of aromatic nitrogens is 2. The van der Waals surface area contributed by atoms with Crippen LogP contribution in [0.1, 0.15) is 35.6 Å². The summed E-state index contributed by atoms with van der Waals surface area (Å²) >= 11 is 12.4. The van der Waals surface area contributed by atoms with Crippen molar-refractivity contribution >= 4 is 40.4 Å². The van der Waals surface area contributed by atoms with Crippen molar-refractivity contribution in [1.29, 1.82) is 0 Å². The molecule has 0 aliphatic rings. The summed E-state index contributed by atoms with van der Waals surface area (Å²) in [5.74, 6) is -1.69. The lowest BCUT2D eigenvalue weighted by atomic mass is 9.89. The SMILES string of the molecule is CC(C)(N)c1cc(-c2ccc(F)c(Cl)c2)nc(C(O)(CNC(=O)c2csc(Cl)n2)C(F)(F)F)c1. The third kappa shape index (κ3) is 5.49. The summed E-state index contributed by atoms with van der Waals surface area (Å²) in [6, 6.07) is 5.93. The Kier molecular flexibility index (Phi) is 7.26. The maximum Gasteiger partial charge on any atom is 0.424 e. The average molecular weight is 537 g/mol. The van der Waals surface area contributed by atoms with Crippen molar-refractivity contribution in [3.05, 3.63) is 68.0 Å². The molecule has 182 valence electrons. The topological polar surface area (TPSA) is 101 Å².